The number of rotatable bonds is 6. The molecule has 6 nitrogen and oxygen atoms in total. The van der Waals surface area contributed by atoms with Gasteiger partial charge >= 0.3 is 0 Å². The molecule has 32 heavy (non-hydrogen) atoms. The summed E-state index contributed by atoms with van der Waals surface area (Å²) in [6.07, 6.45) is 1.44. The third-order valence-corrected chi connectivity index (χ3v) is 5.18. The molecule has 8 heteroatoms. The predicted octanol–water partition coefficient (Wildman–Crippen LogP) is 5.21. The van der Waals surface area contributed by atoms with E-state index in [2.05, 4.69) is 31.6 Å². The molecular formula is C24H18BrFN4O2. The van der Waals surface area contributed by atoms with Crippen LogP contribution in [0.1, 0.15) is 16.1 Å². The molecule has 0 spiro atoms. The molecular weight excluding hydrogens is 475 g/mol. The van der Waals surface area contributed by atoms with E-state index in [1.807, 2.05) is 48.5 Å². The quantitative estimate of drug-likeness (QED) is 0.296. The number of nitrogens with zero attached hydrogens (tertiary/aromatic N) is 3. The molecule has 0 atom stereocenters. The van der Waals surface area contributed by atoms with Crippen LogP contribution in [0, 0.1) is 5.82 Å². The second-order valence-electron chi connectivity index (χ2n) is 6.78. The summed E-state index contributed by atoms with van der Waals surface area (Å²) >= 11 is 3.44. The van der Waals surface area contributed by atoms with E-state index >= 15 is 0 Å². The Morgan fingerprint density at radius 2 is 1.75 bits per heavy atom. The van der Waals surface area contributed by atoms with Gasteiger partial charge in [0.1, 0.15) is 11.6 Å². The van der Waals surface area contributed by atoms with Gasteiger partial charge < -0.3 is 4.74 Å². The molecule has 0 saturated heterocycles. The van der Waals surface area contributed by atoms with Gasteiger partial charge in [-0.1, -0.05) is 40.2 Å². The van der Waals surface area contributed by atoms with Gasteiger partial charge in [-0.25, -0.2) is 14.5 Å². The smallest absolute Gasteiger partial charge is 0.291 e. The fraction of sp³-hybridized carbons (Fsp3) is 0.0417. The van der Waals surface area contributed by atoms with Crippen molar-refractivity contribution in [1.29, 1.82) is 0 Å². The number of nitrogens with one attached hydrogen (secondary N) is 1. The molecule has 3 aromatic carbocycles. The van der Waals surface area contributed by atoms with Crippen LogP contribution < -0.4 is 10.2 Å². The molecule has 0 unspecified atom stereocenters. The Bertz CT molecular complexity index is 1250. The Morgan fingerprint density at radius 3 is 2.41 bits per heavy atom. The summed E-state index contributed by atoms with van der Waals surface area (Å²) in [6.45, 7) is 0. The molecule has 0 aliphatic heterocycles. The number of hydrogen-bond donors (Lipinski definition) is 1. The number of hydrazone groups is 1. The van der Waals surface area contributed by atoms with Crippen LogP contribution >= 0.6 is 15.9 Å². The highest BCUT2D eigenvalue weighted by molar-refractivity contribution is 9.10. The lowest BCUT2D eigenvalue weighted by molar-refractivity contribution is 0.0949. The minimum absolute atomic E-state index is 0.204. The zero-order valence-corrected chi connectivity index (χ0v) is 18.6. The van der Waals surface area contributed by atoms with E-state index in [0.717, 1.165) is 27.2 Å². The van der Waals surface area contributed by atoms with Crippen LogP contribution in [0.25, 0.3) is 16.9 Å². The van der Waals surface area contributed by atoms with Crippen molar-refractivity contribution in [3.63, 3.8) is 0 Å². The van der Waals surface area contributed by atoms with Gasteiger partial charge in [0.15, 0.2) is 5.69 Å². The summed E-state index contributed by atoms with van der Waals surface area (Å²) in [5, 5.41) is 8.45. The lowest BCUT2D eigenvalue weighted by Gasteiger charge is -2.08. The van der Waals surface area contributed by atoms with Crippen molar-refractivity contribution >= 4 is 28.1 Å². The van der Waals surface area contributed by atoms with E-state index in [1.165, 1.54) is 18.3 Å². The fourth-order valence-corrected chi connectivity index (χ4v) is 3.27. The van der Waals surface area contributed by atoms with Crippen molar-refractivity contribution < 1.29 is 13.9 Å². The van der Waals surface area contributed by atoms with Gasteiger partial charge in [0.2, 0.25) is 0 Å². The maximum absolute atomic E-state index is 13.0. The first-order valence-electron chi connectivity index (χ1n) is 9.63. The van der Waals surface area contributed by atoms with Crippen LogP contribution in [0.4, 0.5) is 4.39 Å². The van der Waals surface area contributed by atoms with Gasteiger partial charge in [0, 0.05) is 10.0 Å². The average Bonchev–Trinajstić information content (AvgIpc) is 3.26. The molecule has 0 radical (unpaired) electrons. The van der Waals surface area contributed by atoms with Crippen molar-refractivity contribution in [1.82, 2.24) is 15.2 Å². The Labute approximate surface area is 192 Å². The van der Waals surface area contributed by atoms with Crippen LogP contribution in [-0.4, -0.2) is 29.0 Å². The van der Waals surface area contributed by atoms with Gasteiger partial charge in [0.25, 0.3) is 5.91 Å². The Kier molecular flexibility index (Phi) is 6.42. The van der Waals surface area contributed by atoms with Gasteiger partial charge in [-0.05, 0) is 60.2 Å². The van der Waals surface area contributed by atoms with Crippen LogP contribution in [0.2, 0.25) is 0 Å². The molecule has 1 amide bonds. The van der Waals surface area contributed by atoms with E-state index in [0.29, 0.717) is 5.56 Å². The van der Waals surface area contributed by atoms with Crippen molar-refractivity contribution in [2.45, 2.75) is 0 Å². The largest absolute Gasteiger partial charge is 0.497 e. The zero-order chi connectivity index (χ0) is 22.5. The summed E-state index contributed by atoms with van der Waals surface area (Å²) in [5.74, 6) is -0.0797. The third kappa shape index (κ3) is 4.92. The molecule has 0 bridgehead atoms. The number of benzene rings is 3. The van der Waals surface area contributed by atoms with E-state index in [4.69, 9.17) is 4.74 Å². The zero-order valence-electron chi connectivity index (χ0n) is 17.0. The highest BCUT2D eigenvalue weighted by Gasteiger charge is 2.16. The number of aromatic nitrogens is 2. The molecule has 1 heterocycles. The Morgan fingerprint density at radius 1 is 1.06 bits per heavy atom. The van der Waals surface area contributed by atoms with Gasteiger partial charge in [0.05, 0.1) is 24.7 Å². The number of amides is 1. The highest BCUT2D eigenvalue weighted by atomic mass is 79.9. The summed E-state index contributed by atoms with van der Waals surface area (Å²) in [7, 11) is 1.60. The van der Waals surface area contributed by atoms with Crippen LogP contribution in [0.5, 0.6) is 5.75 Å². The van der Waals surface area contributed by atoms with Gasteiger partial charge in [-0.2, -0.15) is 10.2 Å². The molecule has 0 aliphatic rings. The maximum Gasteiger partial charge on any atom is 0.291 e. The van der Waals surface area contributed by atoms with E-state index < -0.39 is 5.91 Å². The number of methoxy groups -OCH3 is 1. The summed E-state index contributed by atoms with van der Waals surface area (Å²) in [6, 6.07) is 22.6. The van der Waals surface area contributed by atoms with Crippen molar-refractivity contribution in [2.75, 3.05) is 7.11 Å². The Balaban J connectivity index is 1.63. The third-order valence-electron chi connectivity index (χ3n) is 4.65. The molecule has 4 aromatic rings. The fourth-order valence-electron chi connectivity index (χ4n) is 3.01. The summed E-state index contributed by atoms with van der Waals surface area (Å²) in [5.41, 5.74) is 5.74. The van der Waals surface area contributed by atoms with Crippen molar-refractivity contribution in [3.8, 4) is 22.7 Å². The van der Waals surface area contributed by atoms with E-state index in [1.54, 1.807) is 30.0 Å². The van der Waals surface area contributed by atoms with Gasteiger partial charge in [-0.3, -0.25) is 4.79 Å². The van der Waals surface area contributed by atoms with Crippen LogP contribution in [-0.2, 0) is 0 Å². The number of hydrogen-bond acceptors (Lipinski definition) is 4. The number of halogens is 2. The lowest BCUT2D eigenvalue weighted by atomic mass is 10.1. The molecule has 1 N–H and O–H groups in total. The molecule has 160 valence electrons. The summed E-state index contributed by atoms with van der Waals surface area (Å²) < 4.78 is 20.9. The van der Waals surface area contributed by atoms with Crippen LogP contribution in [0.3, 0.4) is 0 Å². The maximum atomic E-state index is 13.0. The normalized spacial score (nSPS) is 11.0. The molecule has 4 rings (SSSR count). The predicted molar refractivity (Wildman–Crippen MR) is 125 cm³/mol. The molecule has 1 aromatic heterocycles. The lowest BCUT2D eigenvalue weighted by Crippen LogP contribution is -2.18. The minimum atomic E-state index is -0.464. The van der Waals surface area contributed by atoms with Crippen LogP contribution in [0.15, 0.2) is 88.4 Å². The highest BCUT2D eigenvalue weighted by Crippen LogP contribution is 2.26. The second kappa shape index (κ2) is 9.57. The first-order valence-corrected chi connectivity index (χ1v) is 10.4. The van der Waals surface area contributed by atoms with E-state index in [9.17, 15) is 9.18 Å². The topological polar surface area (TPSA) is 68.5 Å². The van der Waals surface area contributed by atoms with Gasteiger partial charge in [-0.15, -0.1) is 0 Å². The first-order chi connectivity index (χ1) is 15.5. The van der Waals surface area contributed by atoms with Crippen molar-refractivity contribution in [2.24, 2.45) is 5.10 Å². The number of carbonyl (C=O) groups excluding carboxylic acids is 1. The van der Waals surface area contributed by atoms with E-state index in [-0.39, 0.29) is 11.5 Å². The standard InChI is InChI=1S/C24H18BrFN4O2/c1-32-21-12-10-20(11-13-21)30-23(17-4-6-18(25)7-5-17)14-22(29-30)24(31)28-27-15-16-2-8-19(26)9-3-16/h2-15H,1H3,(H,28,31)/b27-15-. The number of ether oxygens (including phenoxy) is 1. The molecule has 0 aliphatic carbocycles. The number of carbonyl (C=O) groups is 1. The first kappa shape index (κ1) is 21.5. The molecule has 0 fully saturated rings. The monoisotopic (exact) mass is 492 g/mol. The average molecular weight is 493 g/mol. The van der Waals surface area contributed by atoms with Crippen molar-refractivity contribution in [3.05, 3.63) is 100 Å². The SMILES string of the molecule is COc1ccc(-n2nc(C(=O)N/N=C\c3ccc(F)cc3)cc2-c2ccc(Br)cc2)cc1. The minimum Gasteiger partial charge on any atom is -0.497 e. The Hall–Kier alpha value is -3.78. The summed E-state index contributed by atoms with van der Waals surface area (Å²) in [4.78, 5) is 12.7. The second-order valence-corrected chi connectivity index (χ2v) is 7.70. The molecule has 0 saturated carbocycles.